The lowest BCUT2D eigenvalue weighted by molar-refractivity contribution is -0.120. The van der Waals surface area contributed by atoms with Gasteiger partial charge in [0.05, 0.1) is 12.6 Å². The number of carbonyl (C=O) groups is 1. The van der Waals surface area contributed by atoms with Crippen molar-refractivity contribution in [1.82, 2.24) is 10.2 Å². The minimum Gasteiger partial charge on any atom is -0.493 e. The van der Waals surface area contributed by atoms with E-state index in [1.807, 2.05) is 24.3 Å². The van der Waals surface area contributed by atoms with Crippen molar-refractivity contribution in [3.05, 3.63) is 65.5 Å². The normalized spacial score (nSPS) is 19.9. The number of amides is 1. The van der Waals surface area contributed by atoms with E-state index in [4.69, 9.17) is 4.74 Å². The molecule has 0 saturated carbocycles. The molecular formula is C24H31FN2O2. The van der Waals surface area contributed by atoms with E-state index in [-0.39, 0.29) is 23.8 Å². The van der Waals surface area contributed by atoms with E-state index in [9.17, 15) is 9.18 Å². The molecular weight excluding hydrogens is 367 g/mol. The fraction of sp³-hybridized carbons (Fsp3) is 0.458. The van der Waals surface area contributed by atoms with Crippen LogP contribution in [0.5, 0.6) is 5.75 Å². The molecule has 2 atom stereocenters. The third kappa shape index (κ3) is 6.04. The van der Waals surface area contributed by atoms with Crippen molar-refractivity contribution in [3.8, 4) is 5.75 Å². The zero-order valence-electron chi connectivity index (χ0n) is 17.5. The Balaban J connectivity index is 1.82. The van der Waals surface area contributed by atoms with Gasteiger partial charge in [-0.25, -0.2) is 4.39 Å². The second kappa shape index (κ2) is 9.88. The Kier molecular flexibility index (Phi) is 7.26. The van der Waals surface area contributed by atoms with Gasteiger partial charge in [0.25, 0.3) is 0 Å². The average Bonchev–Trinajstić information content (AvgIpc) is 2.68. The van der Waals surface area contributed by atoms with Crippen LogP contribution in [-0.4, -0.2) is 30.0 Å². The molecule has 1 amide bonds. The smallest absolute Gasteiger partial charge is 0.217 e. The van der Waals surface area contributed by atoms with Crippen LogP contribution in [-0.2, 0) is 11.3 Å². The van der Waals surface area contributed by atoms with Crippen LogP contribution in [0.1, 0.15) is 50.8 Å². The Bertz CT molecular complexity index is 790. The number of nitrogens with zero attached hydrogens (tertiary/aromatic N) is 1. The van der Waals surface area contributed by atoms with Crippen molar-refractivity contribution in [2.24, 2.45) is 5.92 Å². The zero-order valence-corrected chi connectivity index (χ0v) is 17.5. The van der Waals surface area contributed by atoms with E-state index in [1.165, 1.54) is 12.1 Å². The van der Waals surface area contributed by atoms with Gasteiger partial charge in [0.1, 0.15) is 11.6 Å². The number of carbonyl (C=O) groups excluding carboxylic acids is 1. The number of piperidine rings is 1. The maximum Gasteiger partial charge on any atom is 0.217 e. The summed E-state index contributed by atoms with van der Waals surface area (Å²) >= 11 is 0. The van der Waals surface area contributed by atoms with Gasteiger partial charge >= 0.3 is 0 Å². The lowest BCUT2D eigenvalue weighted by atomic mass is 9.89. The summed E-state index contributed by atoms with van der Waals surface area (Å²) in [4.78, 5) is 14.2. The number of halogens is 1. The topological polar surface area (TPSA) is 41.6 Å². The molecule has 3 rings (SSSR count). The SMILES string of the molecule is CC(=O)N[C@@H]1CCCN(Cc2ccc(F)cc2)C1c1ccc(OCC(C)C)cc1. The highest BCUT2D eigenvalue weighted by atomic mass is 19.1. The molecule has 29 heavy (non-hydrogen) atoms. The maximum absolute atomic E-state index is 13.3. The first-order valence-corrected chi connectivity index (χ1v) is 10.4. The van der Waals surface area contributed by atoms with Crippen molar-refractivity contribution in [2.45, 2.75) is 52.2 Å². The minimum absolute atomic E-state index is 0.0134. The Morgan fingerprint density at radius 2 is 1.86 bits per heavy atom. The van der Waals surface area contributed by atoms with Crippen molar-refractivity contribution in [3.63, 3.8) is 0 Å². The largest absolute Gasteiger partial charge is 0.493 e. The molecule has 2 aromatic rings. The van der Waals surface area contributed by atoms with Crippen LogP contribution in [0.3, 0.4) is 0 Å². The molecule has 2 aromatic carbocycles. The van der Waals surface area contributed by atoms with Gasteiger partial charge in [-0.2, -0.15) is 0 Å². The van der Waals surface area contributed by atoms with E-state index in [0.717, 1.165) is 36.3 Å². The molecule has 1 unspecified atom stereocenters. The second-order valence-electron chi connectivity index (χ2n) is 8.26. The Morgan fingerprint density at radius 3 is 2.48 bits per heavy atom. The summed E-state index contributed by atoms with van der Waals surface area (Å²) in [5.41, 5.74) is 2.22. The first-order chi connectivity index (χ1) is 13.9. The van der Waals surface area contributed by atoms with Gasteiger partial charge in [0.15, 0.2) is 0 Å². The molecule has 1 aliphatic rings. The number of ether oxygens (including phenoxy) is 1. The van der Waals surface area contributed by atoms with E-state index in [0.29, 0.717) is 19.1 Å². The summed E-state index contributed by atoms with van der Waals surface area (Å²) in [5, 5.41) is 3.14. The van der Waals surface area contributed by atoms with Crippen LogP contribution >= 0.6 is 0 Å². The van der Waals surface area contributed by atoms with Gasteiger partial charge in [-0.1, -0.05) is 38.1 Å². The molecule has 1 saturated heterocycles. The lowest BCUT2D eigenvalue weighted by Gasteiger charge is -2.42. The van der Waals surface area contributed by atoms with Crippen LogP contribution in [0.15, 0.2) is 48.5 Å². The number of hydrogen-bond donors (Lipinski definition) is 1. The molecule has 0 aliphatic carbocycles. The lowest BCUT2D eigenvalue weighted by Crippen LogP contribution is -2.49. The predicted molar refractivity (Wildman–Crippen MR) is 113 cm³/mol. The van der Waals surface area contributed by atoms with Gasteiger partial charge < -0.3 is 10.1 Å². The number of likely N-dealkylation sites (tertiary alicyclic amines) is 1. The first-order valence-electron chi connectivity index (χ1n) is 10.4. The number of hydrogen-bond acceptors (Lipinski definition) is 3. The van der Waals surface area contributed by atoms with Gasteiger partial charge in [-0.15, -0.1) is 0 Å². The third-order valence-electron chi connectivity index (χ3n) is 5.23. The van der Waals surface area contributed by atoms with Gasteiger partial charge in [-0.3, -0.25) is 9.69 Å². The number of benzene rings is 2. The van der Waals surface area contributed by atoms with Crippen molar-refractivity contribution < 1.29 is 13.9 Å². The summed E-state index contributed by atoms with van der Waals surface area (Å²) in [7, 11) is 0. The van der Waals surface area contributed by atoms with Crippen LogP contribution < -0.4 is 10.1 Å². The third-order valence-corrected chi connectivity index (χ3v) is 5.23. The summed E-state index contributed by atoms with van der Waals surface area (Å²) in [6, 6.07) is 15.0. The van der Waals surface area contributed by atoms with Gasteiger partial charge in [-0.05, 0) is 60.7 Å². The molecule has 1 heterocycles. The highest BCUT2D eigenvalue weighted by Gasteiger charge is 2.33. The second-order valence-corrected chi connectivity index (χ2v) is 8.26. The fourth-order valence-electron chi connectivity index (χ4n) is 3.95. The van der Waals surface area contributed by atoms with Crippen molar-refractivity contribution >= 4 is 5.91 Å². The molecule has 1 N–H and O–H groups in total. The van der Waals surface area contributed by atoms with Crippen LogP contribution in [0.2, 0.25) is 0 Å². The van der Waals surface area contributed by atoms with Crippen molar-refractivity contribution in [2.75, 3.05) is 13.2 Å². The molecule has 0 bridgehead atoms. The van der Waals surface area contributed by atoms with E-state index in [1.54, 1.807) is 6.92 Å². The molecule has 0 aromatic heterocycles. The molecule has 1 fully saturated rings. The highest BCUT2D eigenvalue weighted by Crippen LogP contribution is 2.33. The Morgan fingerprint density at radius 1 is 1.17 bits per heavy atom. The number of nitrogens with one attached hydrogen (secondary N) is 1. The van der Waals surface area contributed by atoms with Gasteiger partial charge in [0.2, 0.25) is 5.91 Å². The van der Waals surface area contributed by atoms with Crippen molar-refractivity contribution in [1.29, 1.82) is 0 Å². The van der Waals surface area contributed by atoms with E-state index >= 15 is 0 Å². The molecule has 0 spiro atoms. The monoisotopic (exact) mass is 398 g/mol. The van der Waals surface area contributed by atoms with Crippen LogP contribution in [0.25, 0.3) is 0 Å². The summed E-state index contributed by atoms with van der Waals surface area (Å²) in [5.74, 6) is 1.10. The summed E-state index contributed by atoms with van der Waals surface area (Å²) < 4.78 is 19.1. The fourth-order valence-corrected chi connectivity index (χ4v) is 3.95. The Hall–Kier alpha value is -2.40. The first kappa shape index (κ1) is 21.3. The standard InChI is InChI=1S/C24H31FN2O2/c1-17(2)16-29-22-12-8-20(9-13-22)24-23(26-18(3)28)5-4-14-27(24)15-19-6-10-21(25)11-7-19/h6-13,17,23-24H,4-5,14-16H2,1-3H3,(H,26,28)/t23-,24?/m1/s1. The predicted octanol–water partition coefficient (Wildman–Crippen LogP) is 4.70. The van der Waals surface area contributed by atoms with Gasteiger partial charge in [0, 0.05) is 19.5 Å². The molecule has 156 valence electrons. The van der Waals surface area contributed by atoms with E-state index in [2.05, 4.69) is 36.2 Å². The highest BCUT2D eigenvalue weighted by molar-refractivity contribution is 5.73. The quantitative estimate of drug-likeness (QED) is 0.735. The Labute approximate surface area is 173 Å². The maximum atomic E-state index is 13.3. The molecule has 5 heteroatoms. The zero-order chi connectivity index (χ0) is 20.8. The summed E-state index contributed by atoms with van der Waals surface area (Å²) in [6.07, 6.45) is 1.95. The average molecular weight is 399 g/mol. The molecule has 0 radical (unpaired) electrons. The van der Waals surface area contributed by atoms with E-state index < -0.39 is 0 Å². The van der Waals surface area contributed by atoms with Crippen LogP contribution in [0.4, 0.5) is 4.39 Å². The molecule has 1 aliphatic heterocycles. The van der Waals surface area contributed by atoms with Crippen LogP contribution in [0, 0.1) is 11.7 Å². The number of rotatable bonds is 7. The minimum atomic E-state index is -0.225. The molecule has 4 nitrogen and oxygen atoms in total. The summed E-state index contributed by atoms with van der Waals surface area (Å²) in [6.45, 7) is 8.16.